The Kier molecular flexibility index (Phi) is 9.41. The summed E-state index contributed by atoms with van der Waals surface area (Å²) in [5.41, 5.74) is 5.95. The summed E-state index contributed by atoms with van der Waals surface area (Å²) in [4.78, 5) is 17.7. The second-order valence-corrected chi connectivity index (χ2v) is 10.6. The molecule has 1 heterocycles. The molecule has 0 bridgehead atoms. The van der Waals surface area contributed by atoms with E-state index in [1.807, 2.05) is 18.9 Å². The molecule has 36 heavy (non-hydrogen) atoms. The Morgan fingerprint density at radius 2 is 1.97 bits per heavy atom. The van der Waals surface area contributed by atoms with Gasteiger partial charge in [-0.3, -0.25) is 9.69 Å². The van der Waals surface area contributed by atoms with Gasteiger partial charge < -0.3 is 20.3 Å². The van der Waals surface area contributed by atoms with E-state index in [0.29, 0.717) is 18.7 Å². The molecule has 1 aliphatic heterocycles. The van der Waals surface area contributed by atoms with Crippen molar-refractivity contribution < 1.29 is 9.53 Å². The van der Waals surface area contributed by atoms with Crippen LogP contribution in [0, 0.1) is 12.8 Å². The normalized spacial score (nSPS) is 22.8. The number of piperazine rings is 1. The number of benzene rings is 2. The molecular formula is C30H44N4O2. The van der Waals surface area contributed by atoms with E-state index < -0.39 is 0 Å². The standard InChI is InChI=1S/C30H44N4O2/c1-5-36-21-24-7-6-8-28(18-24)32-27-12-9-25(10-13-27)30(35)33(4)29-14-11-26(22(2)17-29)20-34-16-15-31-23(3)19-34/h6-8,11,14,17-18,23,25,27,31-32H,5,9-10,12-13,15-16,19-21H2,1-4H3/t23-,25?,27?/m0/s1. The van der Waals surface area contributed by atoms with Crippen LogP contribution in [0.5, 0.6) is 0 Å². The predicted molar refractivity (Wildman–Crippen MR) is 148 cm³/mol. The van der Waals surface area contributed by atoms with Crippen molar-refractivity contribution in [3.05, 3.63) is 59.2 Å². The van der Waals surface area contributed by atoms with Gasteiger partial charge in [-0.2, -0.15) is 0 Å². The molecule has 6 heteroatoms. The molecule has 4 rings (SSSR count). The molecule has 1 aliphatic carbocycles. The molecule has 0 unspecified atom stereocenters. The van der Waals surface area contributed by atoms with Crippen LogP contribution in [0.2, 0.25) is 0 Å². The van der Waals surface area contributed by atoms with Gasteiger partial charge >= 0.3 is 0 Å². The van der Waals surface area contributed by atoms with Gasteiger partial charge in [0.25, 0.3) is 0 Å². The van der Waals surface area contributed by atoms with E-state index in [2.05, 4.69) is 71.8 Å². The van der Waals surface area contributed by atoms with Gasteiger partial charge in [-0.05, 0) is 87.4 Å². The number of nitrogens with one attached hydrogen (secondary N) is 2. The van der Waals surface area contributed by atoms with Gasteiger partial charge in [-0.1, -0.05) is 18.2 Å². The molecule has 1 saturated heterocycles. The van der Waals surface area contributed by atoms with Crippen LogP contribution >= 0.6 is 0 Å². The van der Waals surface area contributed by atoms with Crippen molar-refractivity contribution in [3.63, 3.8) is 0 Å². The second-order valence-electron chi connectivity index (χ2n) is 10.6. The molecule has 196 valence electrons. The fraction of sp³-hybridized carbons (Fsp3) is 0.567. The van der Waals surface area contributed by atoms with Crippen LogP contribution in [0.4, 0.5) is 11.4 Å². The van der Waals surface area contributed by atoms with E-state index in [1.54, 1.807) is 0 Å². The Labute approximate surface area is 217 Å². The summed E-state index contributed by atoms with van der Waals surface area (Å²) in [6.07, 6.45) is 3.89. The maximum absolute atomic E-state index is 13.3. The van der Waals surface area contributed by atoms with Gasteiger partial charge in [-0.25, -0.2) is 0 Å². The first-order valence-corrected chi connectivity index (χ1v) is 13.7. The van der Waals surface area contributed by atoms with Gasteiger partial charge in [0.1, 0.15) is 0 Å². The SMILES string of the molecule is CCOCc1cccc(NC2CCC(C(=O)N(C)c3ccc(CN4CCN[C@@H](C)C4)c(C)c3)CC2)c1. The van der Waals surface area contributed by atoms with Gasteiger partial charge in [-0.15, -0.1) is 0 Å². The highest BCUT2D eigenvalue weighted by molar-refractivity contribution is 5.94. The summed E-state index contributed by atoms with van der Waals surface area (Å²) in [5, 5.41) is 7.19. The quantitative estimate of drug-likeness (QED) is 0.518. The minimum atomic E-state index is 0.0969. The van der Waals surface area contributed by atoms with E-state index in [9.17, 15) is 4.79 Å². The number of ether oxygens (including phenoxy) is 1. The molecule has 2 N–H and O–H groups in total. The topological polar surface area (TPSA) is 56.8 Å². The Bertz CT molecular complexity index is 1000. The first-order chi connectivity index (χ1) is 17.4. The largest absolute Gasteiger partial charge is 0.382 e. The minimum absolute atomic E-state index is 0.0969. The summed E-state index contributed by atoms with van der Waals surface area (Å²) in [6.45, 7) is 12.0. The zero-order valence-corrected chi connectivity index (χ0v) is 22.6. The van der Waals surface area contributed by atoms with E-state index in [1.165, 1.54) is 16.7 Å². The number of amides is 1. The third kappa shape index (κ3) is 7.09. The first-order valence-electron chi connectivity index (χ1n) is 13.7. The Morgan fingerprint density at radius 1 is 1.17 bits per heavy atom. The van der Waals surface area contributed by atoms with Crippen molar-refractivity contribution in [2.24, 2.45) is 5.92 Å². The summed E-state index contributed by atoms with van der Waals surface area (Å²) in [7, 11) is 1.93. The molecule has 2 fully saturated rings. The first kappa shape index (κ1) is 26.6. The van der Waals surface area contributed by atoms with Gasteiger partial charge in [0, 0.05) is 69.2 Å². The number of aryl methyl sites for hydroxylation is 1. The molecule has 2 aromatic rings. The average molecular weight is 493 g/mol. The van der Waals surface area contributed by atoms with Crippen LogP contribution in [0.1, 0.15) is 56.2 Å². The van der Waals surface area contributed by atoms with Crippen LogP contribution in [0.15, 0.2) is 42.5 Å². The number of hydrogen-bond donors (Lipinski definition) is 2. The smallest absolute Gasteiger partial charge is 0.229 e. The van der Waals surface area contributed by atoms with Crippen molar-refractivity contribution >= 4 is 17.3 Å². The third-order valence-electron chi connectivity index (χ3n) is 7.74. The molecule has 1 amide bonds. The van der Waals surface area contributed by atoms with Crippen LogP contribution in [0.25, 0.3) is 0 Å². The highest BCUT2D eigenvalue weighted by Gasteiger charge is 2.29. The lowest BCUT2D eigenvalue weighted by atomic mass is 9.85. The number of carbonyl (C=O) groups is 1. The number of anilines is 2. The van der Waals surface area contributed by atoms with Crippen molar-refractivity contribution in [1.29, 1.82) is 0 Å². The fourth-order valence-corrected chi connectivity index (χ4v) is 5.56. The number of carbonyl (C=O) groups excluding carboxylic acids is 1. The van der Waals surface area contributed by atoms with Crippen molar-refractivity contribution in [1.82, 2.24) is 10.2 Å². The summed E-state index contributed by atoms with van der Waals surface area (Å²) < 4.78 is 5.54. The average Bonchev–Trinajstić information content (AvgIpc) is 2.88. The fourth-order valence-electron chi connectivity index (χ4n) is 5.56. The van der Waals surface area contributed by atoms with E-state index in [4.69, 9.17) is 4.74 Å². The van der Waals surface area contributed by atoms with Crippen molar-refractivity contribution in [2.45, 2.75) is 71.7 Å². The van der Waals surface area contributed by atoms with Crippen LogP contribution in [-0.2, 0) is 22.7 Å². The lowest BCUT2D eigenvalue weighted by molar-refractivity contribution is -0.123. The van der Waals surface area contributed by atoms with Crippen LogP contribution < -0.4 is 15.5 Å². The molecule has 0 radical (unpaired) electrons. The van der Waals surface area contributed by atoms with E-state index in [0.717, 1.165) is 69.8 Å². The lowest BCUT2D eigenvalue weighted by Crippen LogP contribution is -2.48. The predicted octanol–water partition coefficient (Wildman–Crippen LogP) is 4.96. The summed E-state index contributed by atoms with van der Waals surface area (Å²) in [6, 6.07) is 15.9. The van der Waals surface area contributed by atoms with Gasteiger partial charge in [0.05, 0.1) is 6.61 Å². The minimum Gasteiger partial charge on any atom is -0.382 e. The Hall–Kier alpha value is -2.41. The molecule has 2 aromatic carbocycles. The number of hydrogen-bond acceptors (Lipinski definition) is 5. The number of nitrogens with zero attached hydrogens (tertiary/aromatic N) is 2. The number of rotatable bonds is 9. The monoisotopic (exact) mass is 492 g/mol. The van der Waals surface area contributed by atoms with E-state index >= 15 is 0 Å². The molecular weight excluding hydrogens is 448 g/mol. The highest BCUT2D eigenvalue weighted by Crippen LogP contribution is 2.30. The zero-order valence-electron chi connectivity index (χ0n) is 22.6. The molecule has 1 saturated carbocycles. The van der Waals surface area contributed by atoms with Crippen LogP contribution in [-0.4, -0.2) is 56.2 Å². The third-order valence-corrected chi connectivity index (χ3v) is 7.74. The maximum Gasteiger partial charge on any atom is 0.229 e. The Balaban J connectivity index is 1.28. The highest BCUT2D eigenvalue weighted by atomic mass is 16.5. The molecule has 0 spiro atoms. The van der Waals surface area contributed by atoms with Crippen molar-refractivity contribution in [3.8, 4) is 0 Å². The van der Waals surface area contributed by atoms with Crippen molar-refractivity contribution in [2.75, 3.05) is 43.5 Å². The van der Waals surface area contributed by atoms with Gasteiger partial charge in [0.15, 0.2) is 0 Å². The molecule has 0 aromatic heterocycles. The second kappa shape index (κ2) is 12.7. The van der Waals surface area contributed by atoms with E-state index in [-0.39, 0.29) is 11.8 Å². The molecule has 6 nitrogen and oxygen atoms in total. The molecule has 1 atom stereocenters. The Morgan fingerprint density at radius 3 is 2.69 bits per heavy atom. The molecule has 2 aliphatic rings. The van der Waals surface area contributed by atoms with Crippen LogP contribution in [0.3, 0.4) is 0 Å². The van der Waals surface area contributed by atoms with Gasteiger partial charge in [0.2, 0.25) is 5.91 Å². The summed E-state index contributed by atoms with van der Waals surface area (Å²) in [5.74, 6) is 0.343. The lowest BCUT2D eigenvalue weighted by Gasteiger charge is -2.33. The summed E-state index contributed by atoms with van der Waals surface area (Å²) >= 11 is 0. The maximum atomic E-state index is 13.3. The zero-order chi connectivity index (χ0) is 25.5.